The van der Waals surface area contributed by atoms with Crippen molar-refractivity contribution in [2.75, 3.05) is 31.1 Å². The molecule has 11 heteroatoms. The lowest BCUT2D eigenvalue weighted by Gasteiger charge is -2.22. The maximum atomic E-state index is 13.1. The molecule has 5 rings (SSSR count). The number of rotatable bonds is 4. The Balaban J connectivity index is 1.28. The van der Waals surface area contributed by atoms with Crippen LogP contribution in [0.25, 0.3) is 5.65 Å². The van der Waals surface area contributed by atoms with Crippen molar-refractivity contribution in [3.8, 4) is 0 Å². The van der Waals surface area contributed by atoms with Gasteiger partial charge < -0.3 is 9.42 Å². The molecule has 1 saturated heterocycles. The highest BCUT2D eigenvalue weighted by Crippen LogP contribution is 2.40. The van der Waals surface area contributed by atoms with E-state index in [2.05, 4.69) is 25.4 Å². The van der Waals surface area contributed by atoms with Crippen molar-refractivity contribution in [1.82, 2.24) is 29.9 Å². The first-order valence-corrected chi connectivity index (χ1v) is 9.70. The number of hydrogen-bond donors (Lipinski definition) is 0. The van der Waals surface area contributed by atoms with Gasteiger partial charge in [-0.3, -0.25) is 4.90 Å². The summed E-state index contributed by atoms with van der Waals surface area (Å²) in [5.41, 5.74) is 1.01. The van der Waals surface area contributed by atoms with Gasteiger partial charge >= 0.3 is 6.18 Å². The minimum absolute atomic E-state index is 0.0787. The van der Waals surface area contributed by atoms with E-state index in [1.54, 1.807) is 6.07 Å². The average Bonchev–Trinajstić information content (AvgIpc) is 3.34. The molecule has 1 aliphatic carbocycles. The number of alkyl halides is 3. The summed E-state index contributed by atoms with van der Waals surface area (Å²) in [6.45, 7) is 3.73. The Morgan fingerprint density at radius 2 is 1.93 bits per heavy atom. The van der Waals surface area contributed by atoms with Crippen LogP contribution in [0.15, 0.2) is 22.7 Å². The predicted octanol–water partition coefficient (Wildman–Crippen LogP) is 2.72. The third kappa shape index (κ3) is 3.78. The molecular formula is C18H20F3N7O. The van der Waals surface area contributed by atoms with Gasteiger partial charge in [-0.25, -0.2) is 0 Å². The maximum Gasteiger partial charge on any atom is 0.453 e. The number of aromatic nitrogens is 5. The van der Waals surface area contributed by atoms with Gasteiger partial charge in [0, 0.05) is 44.7 Å². The Bertz CT molecular complexity index is 1010. The number of halogens is 3. The summed E-state index contributed by atoms with van der Waals surface area (Å²) in [6, 6.07) is 5.25. The molecule has 29 heavy (non-hydrogen) atoms. The van der Waals surface area contributed by atoms with Gasteiger partial charge in [0.1, 0.15) is 11.6 Å². The first kappa shape index (κ1) is 18.3. The lowest BCUT2D eigenvalue weighted by molar-refractivity contribution is -0.146. The number of fused-ring (bicyclic) bond motifs is 1. The molecule has 0 radical (unpaired) electrons. The van der Waals surface area contributed by atoms with Gasteiger partial charge in [0.2, 0.25) is 0 Å². The molecule has 3 aromatic heterocycles. The van der Waals surface area contributed by atoms with Crippen molar-refractivity contribution in [1.29, 1.82) is 0 Å². The standard InChI is InChI=1S/C18H20F3N7O/c19-18(20,21)17-23-22-15-4-5-16(24-28(15)17)27-7-1-6-26(8-9-27)11-13-10-14(29-25-13)12-2-3-12/h4-5,10,12H,1-3,6-9,11H2. The van der Waals surface area contributed by atoms with Gasteiger partial charge in [0.15, 0.2) is 5.65 Å². The van der Waals surface area contributed by atoms with E-state index in [1.165, 1.54) is 18.9 Å². The Hall–Kier alpha value is -2.69. The van der Waals surface area contributed by atoms with Gasteiger partial charge in [-0.1, -0.05) is 5.16 Å². The molecule has 1 saturated carbocycles. The third-order valence-corrected chi connectivity index (χ3v) is 5.36. The highest BCUT2D eigenvalue weighted by Gasteiger charge is 2.38. The average molecular weight is 407 g/mol. The van der Waals surface area contributed by atoms with Crippen molar-refractivity contribution >= 4 is 11.5 Å². The molecular weight excluding hydrogens is 387 g/mol. The zero-order valence-corrected chi connectivity index (χ0v) is 15.6. The van der Waals surface area contributed by atoms with Crippen molar-refractivity contribution in [2.24, 2.45) is 0 Å². The lowest BCUT2D eigenvalue weighted by atomic mass is 10.2. The summed E-state index contributed by atoms with van der Waals surface area (Å²) in [5, 5.41) is 15.1. The summed E-state index contributed by atoms with van der Waals surface area (Å²) in [7, 11) is 0. The molecule has 0 aromatic carbocycles. The van der Waals surface area contributed by atoms with E-state index < -0.39 is 12.0 Å². The monoisotopic (exact) mass is 407 g/mol. The van der Waals surface area contributed by atoms with E-state index in [-0.39, 0.29) is 5.65 Å². The van der Waals surface area contributed by atoms with E-state index in [0.717, 1.165) is 35.5 Å². The summed E-state index contributed by atoms with van der Waals surface area (Å²) >= 11 is 0. The van der Waals surface area contributed by atoms with E-state index in [4.69, 9.17) is 4.52 Å². The minimum Gasteiger partial charge on any atom is -0.361 e. The van der Waals surface area contributed by atoms with E-state index in [0.29, 0.717) is 31.4 Å². The molecule has 154 valence electrons. The molecule has 0 N–H and O–H groups in total. The highest BCUT2D eigenvalue weighted by atomic mass is 19.4. The van der Waals surface area contributed by atoms with E-state index in [1.807, 2.05) is 11.0 Å². The van der Waals surface area contributed by atoms with Crippen LogP contribution in [0.1, 0.15) is 42.5 Å². The number of anilines is 1. The van der Waals surface area contributed by atoms with Gasteiger partial charge in [0.25, 0.3) is 5.82 Å². The molecule has 0 bridgehead atoms. The molecule has 3 aromatic rings. The summed E-state index contributed by atoms with van der Waals surface area (Å²) in [5.74, 6) is 0.893. The minimum atomic E-state index is -4.60. The zero-order valence-electron chi connectivity index (χ0n) is 15.6. The van der Waals surface area contributed by atoms with E-state index in [9.17, 15) is 13.2 Å². The van der Waals surface area contributed by atoms with Crippen molar-refractivity contribution in [3.05, 3.63) is 35.5 Å². The van der Waals surface area contributed by atoms with Crippen molar-refractivity contribution < 1.29 is 17.7 Å². The summed E-state index contributed by atoms with van der Waals surface area (Å²) < 4.78 is 45.5. The Labute approximate surface area is 164 Å². The second-order valence-corrected chi connectivity index (χ2v) is 7.59. The van der Waals surface area contributed by atoms with Crippen LogP contribution in [-0.2, 0) is 12.7 Å². The van der Waals surface area contributed by atoms with Crippen LogP contribution in [0.3, 0.4) is 0 Å². The molecule has 0 amide bonds. The van der Waals surface area contributed by atoms with Gasteiger partial charge in [0.05, 0.1) is 5.69 Å². The molecule has 0 spiro atoms. The third-order valence-electron chi connectivity index (χ3n) is 5.36. The van der Waals surface area contributed by atoms with Crippen molar-refractivity contribution in [2.45, 2.75) is 37.9 Å². The topological polar surface area (TPSA) is 75.6 Å². The maximum absolute atomic E-state index is 13.1. The fourth-order valence-electron chi connectivity index (χ4n) is 3.67. The van der Waals surface area contributed by atoms with Gasteiger partial charge in [-0.15, -0.1) is 15.3 Å². The lowest BCUT2D eigenvalue weighted by Crippen LogP contribution is -2.31. The SMILES string of the molecule is FC(F)(F)c1nnc2ccc(N3CCCN(Cc4cc(C5CC5)on4)CC3)nn12. The number of nitrogens with zero attached hydrogens (tertiary/aromatic N) is 7. The zero-order chi connectivity index (χ0) is 20.0. The van der Waals surface area contributed by atoms with Gasteiger partial charge in [-0.2, -0.15) is 17.7 Å². The fourth-order valence-corrected chi connectivity index (χ4v) is 3.67. The van der Waals surface area contributed by atoms with Gasteiger partial charge in [-0.05, 0) is 31.4 Å². The molecule has 4 heterocycles. The largest absolute Gasteiger partial charge is 0.453 e. The first-order valence-electron chi connectivity index (χ1n) is 9.70. The van der Waals surface area contributed by atoms with Crippen LogP contribution in [0, 0.1) is 0 Å². The molecule has 2 fully saturated rings. The predicted molar refractivity (Wildman–Crippen MR) is 96.4 cm³/mol. The molecule has 0 atom stereocenters. The smallest absolute Gasteiger partial charge is 0.361 e. The highest BCUT2D eigenvalue weighted by molar-refractivity contribution is 5.46. The van der Waals surface area contributed by atoms with E-state index >= 15 is 0 Å². The Morgan fingerprint density at radius 1 is 1.07 bits per heavy atom. The first-order chi connectivity index (χ1) is 14.0. The summed E-state index contributed by atoms with van der Waals surface area (Å²) in [6.07, 6.45) is -1.38. The van der Waals surface area contributed by atoms with Crippen LogP contribution >= 0.6 is 0 Å². The van der Waals surface area contributed by atoms with Crippen LogP contribution in [0.4, 0.5) is 19.0 Å². The van der Waals surface area contributed by atoms with Crippen molar-refractivity contribution in [3.63, 3.8) is 0 Å². The van der Waals surface area contributed by atoms with Crippen LogP contribution in [0.2, 0.25) is 0 Å². The normalized spacial score (nSPS) is 19.1. The number of hydrogen-bond acceptors (Lipinski definition) is 7. The molecule has 8 nitrogen and oxygen atoms in total. The quantitative estimate of drug-likeness (QED) is 0.658. The Kier molecular flexibility index (Phi) is 4.41. The summed E-state index contributed by atoms with van der Waals surface area (Å²) in [4.78, 5) is 4.28. The Morgan fingerprint density at radius 3 is 2.72 bits per heavy atom. The molecule has 2 aliphatic rings. The second kappa shape index (κ2) is 6.97. The second-order valence-electron chi connectivity index (χ2n) is 7.59. The van der Waals surface area contributed by atoms with Crippen LogP contribution < -0.4 is 4.90 Å². The molecule has 1 aliphatic heterocycles. The van der Waals surface area contributed by atoms with Crippen LogP contribution in [0.5, 0.6) is 0 Å². The molecule has 0 unspecified atom stereocenters. The van der Waals surface area contributed by atoms with Crippen LogP contribution in [-0.4, -0.2) is 56.0 Å². The fraction of sp³-hybridized carbons (Fsp3) is 0.556.